The summed E-state index contributed by atoms with van der Waals surface area (Å²) in [5.41, 5.74) is 0.0638. The maximum atomic E-state index is 13.1. The average Bonchev–Trinajstić information content (AvgIpc) is 2.65. The summed E-state index contributed by atoms with van der Waals surface area (Å²) >= 11 is 0. The van der Waals surface area contributed by atoms with Crippen molar-refractivity contribution in [1.29, 1.82) is 0 Å². The van der Waals surface area contributed by atoms with Crippen LogP contribution in [0.4, 0.5) is 17.1 Å². The Hall–Kier alpha value is -3.27. The molecular weight excluding hydrogens is 422 g/mol. The lowest BCUT2D eigenvalue weighted by Crippen LogP contribution is -2.36. The van der Waals surface area contributed by atoms with Crippen molar-refractivity contribution >= 4 is 38.9 Å². The number of nitro groups is 1. The minimum atomic E-state index is -4.05. The van der Waals surface area contributed by atoms with Gasteiger partial charge in [-0.05, 0) is 35.7 Å². The number of rotatable bonds is 5. The summed E-state index contributed by atoms with van der Waals surface area (Å²) in [6.07, 6.45) is 0.873. The summed E-state index contributed by atoms with van der Waals surface area (Å²) in [6.45, 7) is 6.80. The van der Waals surface area contributed by atoms with E-state index in [4.69, 9.17) is 0 Å². The Kier molecular flexibility index (Phi) is 6.55. The molecule has 0 aromatic heterocycles. The molecule has 2 aromatic rings. The molecule has 0 aliphatic rings. The van der Waals surface area contributed by atoms with Crippen molar-refractivity contribution in [3.63, 3.8) is 0 Å². The molecule has 0 atom stereocenters. The normalized spacial score (nSPS) is 11.7. The first-order valence-electron chi connectivity index (χ1n) is 9.32. The van der Waals surface area contributed by atoms with Crippen molar-refractivity contribution in [1.82, 2.24) is 0 Å². The number of nitrogens with zero attached hydrogens (tertiary/aromatic N) is 3. The molecular formula is C21H25N3O6S. The van der Waals surface area contributed by atoms with E-state index in [0.717, 1.165) is 12.3 Å². The molecule has 2 rings (SSSR count). The van der Waals surface area contributed by atoms with Crippen molar-refractivity contribution in [2.24, 2.45) is 0 Å². The Labute approximate surface area is 181 Å². The summed E-state index contributed by atoms with van der Waals surface area (Å²) in [5.74, 6) is -1.13. The molecule has 9 nitrogen and oxygen atoms in total. The van der Waals surface area contributed by atoms with Gasteiger partial charge in [-0.15, -0.1) is 0 Å². The van der Waals surface area contributed by atoms with Crippen molar-refractivity contribution in [2.45, 2.75) is 33.1 Å². The quantitative estimate of drug-likeness (QED) is 0.511. The first-order chi connectivity index (χ1) is 14.1. The second-order valence-electron chi connectivity index (χ2n) is 8.17. The molecule has 31 heavy (non-hydrogen) atoms. The number of carbonyl (C=O) groups is 2. The summed E-state index contributed by atoms with van der Waals surface area (Å²) in [5, 5.41) is 11.6. The Balaban J connectivity index is 2.56. The third kappa shape index (κ3) is 5.26. The SMILES string of the molecule is CC(=O)N(C)c1ccc(N(C(=O)c2ccc(C(C)(C)C)c([N+](=O)[O-])c2)S(C)(=O)=O)cc1. The predicted octanol–water partition coefficient (Wildman–Crippen LogP) is 3.48. The molecule has 0 bridgehead atoms. The van der Waals surface area contributed by atoms with E-state index in [1.54, 1.807) is 27.8 Å². The van der Waals surface area contributed by atoms with Crippen molar-refractivity contribution in [3.8, 4) is 0 Å². The molecule has 0 spiro atoms. The third-order valence-corrected chi connectivity index (χ3v) is 5.75. The Bertz CT molecular complexity index is 1130. The molecule has 0 aliphatic heterocycles. The number of hydrogen-bond donors (Lipinski definition) is 0. The molecule has 0 N–H and O–H groups in total. The number of sulfonamides is 1. The number of hydrogen-bond acceptors (Lipinski definition) is 6. The fourth-order valence-electron chi connectivity index (χ4n) is 3.02. The van der Waals surface area contributed by atoms with E-state index in [1.807, 2.05) is 0 Å². The predicted molar refractivity (Wildman–Crippen MR) is 119 cm³/mol. The van der Waals surface area contributed by atoms with E-state index in [9.17, 15) is 28.1 Å². The van der Waals surface area contributed by atoms with E-state index in [1.165, 1.54) is 48.2 Å². The van der Waals surface area contributed by atoms with E-state index in [0.29, 0.717) is 15.6 Å². The van der Waals surface area contributed by atoms with Crippen LogP contribution in [0.1, 0.15) is 43.6 Å². The van der Waals surface area contributed by atoms with E-state index in [2.05, 4.69) is 0 Å². The topological polar surface area (TPSA) is 118 Å². The number of carbonyl (C=O) groups excluding carboxylic acids is 2. The molecule has 0 heterocycles. The standard InChI is InChI=1S/C21H25N3O6S/c1-14(25)22(5)16-8-10-17(11-9-16)23(31(6,29)30)20(26)15-7-12-18(21(2,3)4)19(13-15)24(27)28/h7-13H,1-6H3. The van der Waals surface area contributed by atoms with Crippen LogP contribution in [0.25, 0.3) is 0 Å². The highest BCUT2D eigenvalue weighted by molar-refractivity contribution is 7.92. The largest absolute Gasteiger partial charge is 0.316 e. The lowest BCUT2D eigenvalue weighted by molar-refractivity contribution is -0.386. The summed E-state index contributed by atoms with van der Waals surface area (Å²) in [6, 6.07) is 9.75. The zero-order valence-electron chi connectivity index (χ0n) is 18.2. The van der Waals surface area contributed by atoms with Crippen molar-refractivity contribution < 1.29 is 22.9 Å². The van der Waals surface area contributed by atoms with Crippen LogP contribution in [0, 0.1) is 10.1 Å². The second kappa shape index (κ2) is 8.46. The van der Waals surface area contributed by atoms with Gasteiger partial charge in [0.1, 0.15) is 0 Å². The van der Waals surface area contributed by atoms with Gasteiger partial charge in [-0.1, -0.05) is 26.8 Å². The van der Waals surface area contributed by atoms with Gasteiger partial charge in [0.05, 0.1) is 16.9 Å². The molecule has 2 aromatic carbocycles. The van der Waals surface area contributed by atoms with Crippen LogP contribution in [0.2, 0.25) is 0 Å². The van der Waals surface area contributed by atoms with Crippen LogP contribution >= 0.6 is 0 Å². The average molecular weight is 448 g/mol. The number of benzene rings is 2. The van der Waals surface area contributed by atoms with E-state index < -0.39 is 26.3 Å². The van der Waals surface area contributed by atoms with Crippen LogP contribution in [-0.2, 0) is 20.2 Å². The van der Waals surface area contributed by atoms with Crippen LogP contribution in [0.3, 0.4) is 0 Å². The summed E-state index contributed by atoms with van der Waals surface area (Å²) in [7, 11) is -2.49. The van der Waals surface area contributed by atoms with Crippen LogP contribution in [0.15, 0.2) is 42.5 Å². The van der Waals surface area contributed by atoms with Gasteiger partial charge in [0, 0.05) is 36.9 Å². The van der Waals surface area contributed by atoms with Crippen LogP contribution in [-0.4, -0.2) is 38.5 Å². The monoisotopic (exact) mass is 447 g/mol. The molecule has 0 aliphatic carbocycles. The lowest BCUT2D eigenvalue weighted by atomic mass is 9.85. The minimum Gasteiger partial charge on any atom is -0.316 e. The molecule has 0 radical (unpaired) electrons. The molecule has 10 heteroatoms. The van der Waals surface area contributed by atoms with Gasteiger partial charge in [0.15, 0.2) is 0 Å². The first kappa shape index (κ1) is 24.0. The van der Waals surface area contributed by atoms with Gasteiger partial charge < -0.3 is 4.90 Å². The number of anilines is 2. The van der Waals surface area contributed by atoms with Crippen LogP contribution < -0.4 is 9.21 Å². The van der Waals surface area contributed by atoms with Gasteiger partial charge in [-0.25, -0.2) is 12.7 Å². The molecule has 0 saturated carbocycles. The van der Waals surface area contributed by atoms with E-state index >= 15 is 0 Å². The molecule has 0 saturated heterocycles. The number of amides is 2. The fourth-order valence-corrected chi connectivity index (χ4v) is 3.93. The van der Waals surface area contributed by atoms with Crippen molar-refractivity contribution in [3.05, 3.63) is 63.7 Å². The first-order valence-corrected chi connectivity index (χ1v) is 11.2. The summed E-state index contributed by atoms with van der Waals surface area (Å²) < 4.78 is 25.4. The van der Waals surface area contributed by atoms with E-state index in [-0.39, 0.29) is 22.8 Å². The molecule has 166 valence electrons. The summed E-state index contributed by atoms with van der Waals surface area (Å²) in [4.78, 5) is 37.0. The molecule has 2 amide bonds. The smallest absolute Gasteiger partial charge is 0.273 e. The number of nitro benzene ring substituents is 1. The van der Waals surface area contributed by atoms with Gasteiger partial charge in [0.2, 0.25) is 15.9 Å². The highest BCUT2D eigenvalue weighted by atomic mass is 32.2. The highest BCUT2D eigenvalue weighted by Gasteiger charge is 2.31. The van der Waals surface area contributed by atoms with Gasteiger partial charge in [0.25, 0.3) is 11.6 Å². The van der Waals surface area contributed by atoms with Gasteiger partial charge in [-0.3, -0.25) is 19.7 Å². The second-order valence-corrected chi connectivity index (χ2v) is 10.00. The third-order valence-electron chi connectivity index (χ3n) is 4.71. The van der Waals surface area contributed by atoms with Gasteiger partial charge in [-0.2, -0.15) is 0 Å². The Morgan fingerprint density at radius 2 is 1.52 bits per heavy atom. The maximum Gasteiger partial charge on any atom is 0.273 e. The molecule has 0 fully saturated rings. The Morgan fingerprint density at radius 1 is 1.00 bits per heavy atom. The van der Waals surface area contributed by atoms with Gasteiger partial charge >= 0.3 is 0 Å². The van der Waals surface area contributed by atoms with Crippen molar-refractivity contribution in [2.75, 3.05) is 22.5 Å². The highest BCUT2D eigenvalue weighted by Crippen LogP contribution is 2.33. The fraction of sp³-hybridized carbons (Fsp3) is 0.333. The van der Waals surface area contributed by atoms with Crippen LogP contribution in [0.5, 0.6) is 0 Å². The lowest BCUT2D eigenvalue weighted by Gasteiger charge is -2.23. The maximum absolute atomic E-state index is 13.1. The zero-order chi connectivity index (χ0) is 23.7. The molecule has 0 unspecified atom stereocenters. The minimum absolute atomic E-state index is 0.0516. The Morgan fingerprint density at radius 3 is 1.94 bits per heavy atom. The zero-order valence-corrected chi connectivity index (χ0v) is 19.1.